The molecule has 2 rings (SSSR count). The van der Waals surface area contributed by atoms with Gasteiger partial charge in [0.05, 0.1) is 12.9 Å². The standard InChI is InChI=1S/C18H19F2NO2S/c1-23-17-7-6-16(20)10-14(17)11-24-12-18(22)21-9-8-13-2-4-15(19)5-3-13/h2-7,10H,8-9,11-12H2,1H3,(H,21,22). The lowest BCUT2D eigenvalue weighted by molar-refractivity contribution is -0.118. The number of benzene rings is 2. The van der Waals surface area contributed by atoms with Gasteiger partial charge in [0.1, 0.15) is 17.4 Å². The van der Waals surface area contributed by atoms with Crippen molar-refractivity contribution in [2.24, 2.45) is 0 Å². The van der Waals surface area contributed by atoms with Gasteiger partial charge in [-0.05, 0) is 42.3 Å². The number of nitrogens with one attached hydrogen (secondary N) is 1. The van der Waals surface area contributed by atoms with Gasteiger partial charge >= 0.3 is 0 Å². The third kappa shape index (κ3) is 5.85. The van der Waals surface area contributed by atoms with Gasteiger partial charge in [-0.2, -0.15) is 0 Å². The average Bonchev–Trinajstić information content (AvgIpc) is 2.57. The van der Waals surface area contributed by atoms with Crippen LogP contribution in [-0.2, 0) is 17.0 Å². The molecule has 128 valence electrons. The number of methoxy groups -OCH3 is 1. The van der Waals surface area contributed by atoms with Crippen LogP contribution >= 0.6 is 11.8 Å². The summed E-state index contributed by atoms with van der Waals surface area (Å²) in [7, 11) is 1.53. The number of amides is 1. The van der Waals surface area contributed by atoms with Gasteiger partial charge in [-0.15, -0.1) is 11.8 Å². The van der Waals surface area contributed by atoms with E-state index in [1.165, 1.54) is 43.1 Å². The van der Waals surface area contributed by atoms with Gasteiger partial charge in [0.2, 0.25) is 5.91 Å². The van der Waals surface area contributed by atoms with Gasteiger partial charge in [-0.3, -0.25) is 4.79 Å². The van der Waals surface area contributed by atoms with Crippen LogP contribution in [0, 0.1) is 11.6 Å². The molecule has 0 heterocycles. The van der Waals surface area contributed by atoms with Crippen molar-refractivity contribution in [3.05, 3.63) is 65.2 Å². The SMILES string of the molecule is COc1ccc(F)cc1CSCC(=O)NCCc1ccc(F)cc1. The van der Waals surface area contributed by atoms with Gasteiger partial charge < -0.3 is 10.1 Å². The minimum Gasteiger partial charge on any atom is -0.496 e. The first-order chi connectivity index (χ1) is 11.6. The van der Waals surface area contributed by atoms with Gasteiger partial charge in [0, 0.05) is 17.9 Å². The Morgan fingerprint density at radius 2 is 1.83 bits per heavy atom. The number of halogens is 2. The summed E-state index contributed by atoms with van der Waals surface area (Å²) in [6.45, 7) is 0.494. The van der Waals surface area contributed by atoms with E-state index in [2.05, 4.69) is 5.32 Å². The molecule has 1 N–H and O–H groups in total. The zero-order chi connectivity index (χ0) is 17.4. The van der Waals surface area contributed by atoms with Crippen LogP contribution < -0.4 is 10.1 Å². The van der Waals surface area contributed by atoms with Crippen molar-refractivity contribution in [1.29, 1.82) is 0 Å². The summed E-state index contributed by atoms with van der Waals surface area (Å²) in [5.74, 6) is 0.704. The summed E-state index contributed by atoms with van der Waals surface area (Å²) in [5.41, 5.74) is 1.69. The lowest BCUT2D eigenvalue weighted by atomic mass is 10.1. The zero-order valence-corrected chi connectivity index (χ0v) is 14.2. The van der Waals surface area contributed by atoms with Gasteiger partial charge in [0.15, 0.2) is 0 Å². The molecule has 2 aromatic carbocycles. The van der Waals surface area contributed by atoms with E-state index in [0.29, 0.717) is 24.5 Å². The molecular weight excluding hydrogens is 332 g/mol. The molecule has 0 aliphatic carbocycles. The molecule has 1 amide bonds. The smallest absolute Gasteiger partial charge is 0.230 e. The first-order valence-electron chi connectivity index (χ1n) is 7.50. The van der Waals surface area contributed by atoms with E-state index in [1.807, 2.05) is 0 Å². The highest BCUT2D eigenvalue weighted by Crippen LogP contribution is 2.23. The summed E-state index contributed by atoms with van der Waals surface area (Å²) in [6.07, 6.45) is 0.647. The second-order valence-corrected chi connectivity index (χ2v) is 6.16. The monoisotopic (exact) mass is 351 g/mol. The minimum atomic E-state index is -0.324. The molecule has 0 radical (unpaired) electrons. The van der Waals surface area contributed by atoms with Crippen LogP contribution in [0.25, 0.3) is 0 Å². The van der Waals surface area contributed by atoms with E-state index >= 15 is 0 Å². The topological polar surface area (TPSA) is 38.3 Å². The summed E-state index contributed by atoms with van der Waals surface area (Å²) in [5, 5.41) is 2.81. The Hall–Kier alpha value is -2.08. The second kappa shape index (κ2) is 9.27. The van der Waals surface area contributed by atoms with Crippen molar-refractivity contribution in [1.82, 2.24) is 5.32 Å². The Kier molecular flexibility index (Phi) is 7.06. The van der Waals surface area contributed by atoms with Crippen LogP contribution in [0.2, 0.25) is 0 Å². The van der Waals surface area contributed by atoms with Crippen molar-refractivity contribution in [3.8, 4) is 5.75 Å². The lowest BCUT2D eigenvalue weighted by Gasteiger charge is -2.09. The molecule has 0 saturated carbocycles. The number of hydrogen-bond acceptors (Lipinski definition) is 3. The van der Waals surface area contributed by atoms with Crippen LogP contribution in [0.3, 0.4) is 0 Å². The number of hydrogen-bond donors (Lipinski definition) is 1. The predicted molar refractivity (Wildman–Crippen MR) is 92.2 cm³/mol. The van der Waals surface area contributed by atoms with Crippen molar-refractivity contribution in [3.63, 3.8) is 0 Å². The van der Waals surface area contributed by atoms with Gasteiger partial charge in [0.25, 0.3) is 0 Å². The Balaban J connectivity index is 1.70. The molecule has 0 atom stereocenters. The predicted octanol–water partition coefficient (Wildman–Crippen LogP) is 3.57. The Bertz CT molecular complexity index is 677. The number of carbonyl (C=O) groups is 1. The summed E-state index contributed by atoms with van der Waals surface area (Å²) in [4.78, 5) is 11.8. The normalized spacial score (nSPS) is 10.5. The van der Waals surface area contributed by atoms with E-state index in [4.69, 9.17) is 4.74 Å². The maximum Gasteiger partial charge on any atom is 0.230 e. The summed E-state index contributed by atoms with van der Waals surface area (Å²) >= 11 is 1.39. The first-order valence-corrected chi connectivity index (χ1v) is 8.65. The van der Waals surface area contributed by atoms with Crippen LogP contribution in [0.15, 0.2) is 42.5 Å². The highest BCUT2D eigenvalue weighted by molar-refractivity contribution is 7.99. The molecule has 0 saturated heterocycles. The van der Waals surface area contributed by atoms with Crippen LogP contribution in [0.1, 0.15) is 11.1 Å². The third-order valence-corrected chi connectivity index (χ3v) is 4.36. The second-order valence-electron chi connectivity index (χ2n) is 5.18. The van der Waals surface area contributed by atoms with E-state index in [0.717, 1.165) is 11.1 Å². The Morgan fingerprint density at radius 1 is 1.12 bits per heavy atom. The van der Waals surface area contributed by atoms with E-state index in [1.54, 1.807) is 18.2 Å². The molecular formula is C18H19F2NO2S. The van der Waals surface area contributed by atoms with Crippen molar-refractivity contribution >= 4 is 17.7 Å². The highest BCUT2D eigenvalue weighted by Gasteiger charge is 2.07. The molecule has 0 spiro atoms. The average molecular weight is 351 g/mol. The molecule has 0 aliphatic rings. The fourth-order valence-electron chi connectivity index (χ4n) is 2.16. The van der Waals surface area contributed by atoms with E-state index in [-0.39, 0.29) is 23.3 Å². The van der Waals surface area contributed by atoms with Crippen molar-refractivity contribution in [2.75, 3.05) is 19.4 Å². The Morgan fingerprint density at radius 3 is 2.54 bits per heavy atom. The largest absolute Gasteiger partial charge is 0.496 e. The lowest BCUT2D eigenvalue weighted by Crippen LogP contribution is -2.27. The fourth-order valence-corrected chi connectivity index (χ4v) is 3.00. The number of ether oxygens (including phenoxy) is 1. The molecule has 2 aromatic rings. The van der Waals surface area contributed by atoms with Crippen molar-refractivity contribution < 1.29 is 18.3 Å². The number of carbonyl (C=O) groups excluding carboxylic acids is 1. The molecule has 24 heavy (non-hydrogen) atoms. The minimum absolute atomic E-state index is 0.0857. The molecule has 0 aromatic heterocycles. The van der Waals surface area contributed by atoms with Crippen LogP contribution in [0.5, 0.6) is 5.75 Å². The molecule has 0 aliphatic heterocycles. The van der Waals surface area contributed by atoms with Gasteiger partial charge in [-0.25, -0.2) is 8.78 Å². The quantitative estimate of drug-likeness (QED) is 0.790. The van der Waals surface area contributed by atoms with Crippen molar-refractivity contribution in [2.45, 2.75) is 12.2 Å². The molecule has 0 bridgehead atoms. The third-order valence-electron chi connectivity index (χ3n) is 3.38. The number of rotatable bonds is 8. The summed E-state index contributed by atoms with van der Waals surface area (Å²) < 4.78 is 31.2. The maximum absolute atomic E-state index is 13.3. The zero-order valence-electron chi connectivity index (χ0n) is 13.4. The molecule has 6 heteroatoms. The highest BCUT2D eigenvalue weighted by atomic mass is 32.2. The Labute approximate surface area is 144 Å². The molecule has 0 unspecified atom stereocenters. The van der Waals surface area contributed by atoms with Crippen LogP contribution in [-0.4, -0.2) is 25.3 Å². The number of thioether (sulfide) groups is 1. The van der Waals surface area contributed by atoms with E-state index in [9.17, 15) is 13.6 Å². The fraction of sp³-hybridized carbons (Fsp3) is 0.278. The van der Waals surface area contributed by atoms with Crippen LogP contribution in [0.4, 0.5) is 8.78 Å². The molecule has 3 nitrogen and oxygen atoms in total. The molecule has 0 fully saturated rings. The van der Waals surface area contributed by atoms with Gasteiger partial charge in [-0.1, -0.05) is 12.1 Å². The summed E-state index contributed by atoms with van der Waals surface area (Å²) in [6, 6.07) is 10.5. The maximum atomic E-state index is 13.3. The first kappa shape index (κ1) is 18.3. The van der Waals surface area contributed by atoms with E-state index < -0.39 is 0 Å².